The van der Waals surface area contributed by atoms with Crippen LogP contribution in [0.25, 0.3) is 11.0 Å². The molecule has 1 N–H and O–H groups in total. The number of rotatable bonds is 2. The lowest BCUT2D eigenvalue weighted by Gasteiger charge is -2.22. The molecule has 0 bridgehead atoms. The molecule has 0 atom stereocenters. The van der Waals surface area contributed by atoms with E-state index in [0.717, 1.165) is 42.0 Å². The summed E-state index contributed by atoms with van der Waals surface area (Å²) in [7, 11) is 4.02. The Morgan fingerprint density at radius 1 is 1.38 bits per heavy atom. The number of fused-ring (bicyclic) bond motifs is 1. The minimum absolute atomic E-state index is 0.756. The number of benzene rings is 1. The van der Waals surface area contributed by atoms with Gasteiger partial charge in [-0.15, -0.1) is 0 Å². The average molecular weight is 281 g/mol. The van der Waals surface area contributed by atoms with Gasteiger partial charge in [0.05, 0.1) is 18.9 Å². The summed E-state index contributed by atoms with van der Waals surface area (Å²) in [5, 5.41) is 4.42. The molecular weight excluding hydrogens is 262 g/mol. The first-order valence-electron chi connectivity index (χ1n) is 7.03. The molecule has 1 aliphatic rings. The van der Waals surface area contributed by atoms with Crippen molar-refractivity contribution in [2.45, 2.75) is 0 Å². The standard InChI is InChI=1S/C17H19N3O/c1-19(2)9-3-5-14-6-7-15-16(12-21-17(15)11-14)20-10-4-8-18-13-20/h4,6-7,10-12,18H,8-9,13H2,1-2H3. The summed E-state index contributed by atoms with van der Waals surface area (Å²) in [6.45, 7) is 2.47. The Balaban J connectivity index is 1.88. The fraction of sp³-hybridized carbons (Fsp3) is 0.294. The highest BCUT2D eigenvalue weighted by Gasteiger charge is 2.12. The Morgan fingerprint density at radius 2 is 2.29 bits per heavy atom. The van der Waals surface area contributed by atoms with Crippen LogP contribution in [0.5, 0.6) is 0 Å². The lowest BCUT2D eigenvalue weighted by atomic mass is 10.1. The fourth-order valence-corrected chi connectivity index (χ4v) is 2.28. The number of hydrogen-bond donors (Lipinski definition) is 1. The highest BCUT2D eigenvalue weighted by Crippen LogP contribution is 2.30. The predicted octanol–water partition coefficient (Wildman–Crippen LogP) is 2.23. The van der Waals surface area contributed by atoms with Crippen molar-refractivity contribution in [1.29, 1.82) is 0 Å². The Labute approximate surface area is 125 Å². The van der Waals surface area contributed by atoms with Crippen LogP contribution in [0.3, 0.4) is 0 Å². The molecular formula is C17H19N3O. The van der Waals surface area contributed by atoms with E-state index < -0.39 is 0 Å². The number of furan rings is 1. The van der Waals surface area contributed by atoms with Gasteiger partial charge < -0.3 is 9.32 Å². The van der Waals surface area contributed by atoms with Gasteiger partial charge in [0.1, 0.15) is 11.8 Å². The summed E-state index contributed by atoms with van der Waals surface area (Å²) in [6.07, 6.45) is 5.99. The summed E-state index contributed by atoms with van der Waals surface area (Å²) in [6, 6.07) is 6.13. The molecule has 3 rings (SSSR count). The van der Waals surface area contributed by atoms with Crippen molar-refractivity contribution in [2.24, 2.45) is 0 Å². The largest absolute Gasteiger partial charge is 0.462 e. The third-order valence-electron chi connectivity index (χ3n) is 3.32. The molecule has 21 heavy (non-hydrogen) atoms. The topological polar surface area (TPSA) is 31.6 Å². The molecule has 0 saturated heterocycles. The Morgan fingerprint density at radius 3 is 3.05 bits per heavy atom. The molecule has 2 aromatic rings. The third-order valence-corrected chi connectivity index (χ3v) is 3.32. The summed E-state index contributed by atoms with van der Waals surface area (Å²) >= 11 is 0. The van der Waals surface area contributed by atoms with E-state index >= 15 is 0 Å². The van der Waals surface area contributed by atoms with Crippen molar-refractivity contribution in [2.75, 3.05) is 38.8 Å². The predicted molar refractivity (Wildman–Crippen MR) is 86.1 cm³/mol. The average Bonchev–Trinajstić information content (AvgIpc) is 2.91. The van der Waals surface area contributed by atoms with Crippen LogP contribution in [0.1, 0.15) is 5.56 Å². The van der Waals surface area contributed by atoms with Crippen molar-refractivity contribution < 1.29 is 4.42 Å². The van der Waals surface area contributed by atoms with Crippen molar-refractivity contribution in [3.63, 3.8) is 0 Å². The maximum atomic E-state index is 5.69. The van der Waals surface area contributed by atoms with Gasteiger partial charge in [-0.05, 0) is 32.3 Å². The quantitative estimate of drug-likeness (QED) is 0.855. The smallest absolute Gasteiger partial charge is 0.137 e. The van der Waals surface area contributed by atoms with E-state index in [2.05, 4.69) is 40.4 Å². The second-order valence-electron chi connectivity index (χ2n) is 5.34. The molecule has 0 radical (unpaired) electrons. The van der Waals surface area contributed by atoms with Crippen molar-refractivity contribution in [3.8, 4) is 11.8 Å². The molecule has 4 nitrogen and oxygen atoms in total. The Hall–Kier alpha value is -2.22. The van der Waals surface area contributed by atoms with Crippen molar-refractivity contribution in [1.82, 2.24) is 10.2 Å². The summed E-state index contributed by atoms with van der Waals surface area (Å²) < 4.78 is 5.69. The van der Waals surface area contributed by atoms with Crippen LogP contribution >= 0.6 is 0 Å². The molecule has 0 fully saturated rings. The Kier molecular flexibility index (Phi) is 3.96. The third kappa shape index (κ3) is 3.10. The number of nitrogens with one attached hydrogen (secondary N) is 1. The number of anilines is 1. The van der Waals surface area contributed by atoms with Gasteiger partial charge in [-0.25, -0.2) is 0 Å². The van der Waals surface area contributed by atoms with Crippen molar-refractivity contribution >= 4 is 16.7 Å². The number of hydrogen-bond acceptors (Lipinski definition) is 4. The van der Waals surface area contributed by atoms with Gasteiger partial charge in [0.15, 0.2) is 0 Å². The molecule has 0 aliphatic carbocycles. The van der Waals surface area contributed by atoms with Crippen LogP contribution in [0, 0.1) is 11.8 Å². The molecule has 0 saturated carbocycles. The second-order valence-corrected chi connectivity index (χ2v) is 5.34. The van der Waals surface area contributed by atoms with Crippen LogP contribution in [-0.4, -0.2) is 38.8 Å². The van der Waals surface area contributed by atoms with E-state index in [1.807, 2.05) is 31.1 Å². The van der Waals surface area contributed by atoms with Crippen LogP contribution < -0.4 is 10.2 Å². The Bertz CT molecular complexity index is 718. The van der Waals surface area contributed by atoms with Crippen molar-refractivity contribution in [3.05, 3.63) is 42.3 Å². The van der Waals surface area contributed by atoms with Gasteiger partial charge >= 0.3 is 0 Å². The fourth-order valence-electron chi connectivity index (χ4n) is 2.28. The molecule has 1 aliphatic heterocycles. The van der Waals surface area contributed by atoms with E-state index in [0.29, 0.717) is 0 Å². The highest BCUT2D eigenvalue weighted by atomic mass is 16.3. The van der Waals surface area contributed by atoms with Gasteiger partial charge in [0.25, 0.3) is 0 Å². The van der Waals surface area contributed by atoms with Crippen LogP contribution in [0.4, 0.5) is 5.69 Å². The second kappa shape index (κ2) is 6.04. The zero-order valence-corrected chi connectivity index (χ0v) is 12.4. The van der Waals surface area contributed by atoms with Gasteiger partial charge in [0, 0.05) is 23.7 Å². The monoisotopic (exact) mass is 281 g/mol. The summed E-state index contributed by atoms with van der Waals surface area (Å²) in [4.78, 5) is 4.19. The van der Waals surface area contributed by atoms with Crippen LogP contribution in [0.2, 0.25) is 0 Å². The maximum absolute atomic E-state index is 5.69. The molecule has 2 heterocycles. The first-order chi connectivity index (χ1) is 10.2. The molecule has 108 valence electrons. The van der Waals surface area contributed by atoms with E-state index in [9.17, 15) is 0 Å². The highest BCUT2D eigenvalue weighted by molar-refractivity contribution is 5.92. The minimum Gasteiger partial charge on any atom is -0.462 e. The van der Waals surface area contributed by atoms with E-state index in [4.69, 9.17) is 4.42 Å². The first kappa shape index (κ1) is 13.7. The van der Waals surface area contributed by atoms with Gasteiger partial charge in [-0.3, -0.25) is 10.2 Å². The molecule has 1 aromatic heterocycles. The van der Waals surface area contributed by atoms with Crippen LogP contribution in [0.15, 0.2) is 41.2 Å². The molecule has 1 aromatic carbocycles. The minimum atomic E-state index is 0.756. The SMILES string of the molecule is CN(C)CC#Cc1ccc2c(N3C=CCNC3)coc2c1. The zero-order chi connectivity index (χ0) is 14.7. The molecule has 0 spiro atoms. The lowest BCUT2D eigenvalue weighted by molar-refractivity contribution is 0.464. The molecule has 4 heteroatoms. The molecule has 0 unspecified atom stereocenters. The molecule has 0 amide bonds. The maximum Gasteiger partial charge on any atom is 0.137 e. The van der Waals surface area contributed by atoms with E-state index in [1.165, 1.54) is 0 Å². The van der Waals surface area contributed by atoms with Crippen LogP contribution in [-0.2, 0) is 0 Å². The van der Waals surface area contributed by atoms with E-state index in [-0.39, 0.29) is 0 Å². The lowest BCUT2D eigenvalue weighted by Crippen LogP contribution is -2.33. The summed E-state index contributed by atoms with van der Waals surface area (Å²) in [5.74, 6) is 6.30. The van der Waals surface area contributed by atoms with Gasteiger partial charge in [-0.2, -0.15) is 0 Å². The van der Waals surface area contributed by atoms with Gasteiger partial charge in [0.2, 0.25) is 0 Å². The normalized spacial score (nSPS) is 14.5. The number of nitrogens with zero attached hydrogens (tertiary/aromatic N) is 2. The summed E-state index contributed by atoms with van der Waals surface area (Å²) in [5.41, 5.74) is 2.94. The zero-order valence-electron chi connectivity index (χ0n) is 12.4. The van der Waals surface area contributed by atoms with E-state index in [1.54, 1.807) is 6.26 Å². The first-order valence-corrected chi connectivity index (χ1v) is 7.03. The van der Waals surface area contributed by atoms with Gasteiger partial charge in [-0.1, -0.05) is 17.9 Å².